The van der Waals surface area contributed by atoms with Crippen LogP contribution in [-0.4, -0.2) is 26.4 Å². The molecule has 1 aromatic carbocycles. The predicted molar refractivity (Wildman–Crippen MR) is 136 cm³/mol. The second kappa shape index (κ2) is 28.1. The number of benzene rings is 1. The van der Waals surface area contributed by atoms with Crippen LogP contribution in [0.3, 0.4) is 0 Å². The second-order valence-corrected chi connectivity index (χ2v) is 7.87. The highest BCUT2D eigenvalue weighted by molar-refractivity contribution is 5.22. The maximum atomic E-state index is 5.20. The Hall–Kier alpha value is -0.860. The summed E-state index contributed by atoms with van der Waals surface area (Å²) in [5.41, 5.74) is 2.86. The standard InChI is InChI=1S/C10H14.C10H22.C8H18O2/c1-3-9-5-7-10(4-2)8-6-9;1-3-5-7-9-10-8-6-4-2;1-3-5-9-7-8-10-6-4-2/h5-8H,3-4H2,1-2H3;3-10H2,1-2H3;3-8H2,1-2H3. The third-order valence-electron chi connectivity index (χ3n) is 4.87. The van der Waals surface area contributed by atoms with Crippen molar-refractivity contribution >= 4 is 0 Å². The van der Waals surface area contributed by atoms with Crippen LogP contribution in [-0.2, 0) is 22.3 Å². The molecular formula is C28H54O2. The van der Waals surface area contributed by atoms with Crippen molar-refractivity contribution in [2.75, 3.05) is 26.4 Å². The van der Waals surface area contributed by atoms with Crippen LogP contribution in [0, 0.1) is 0 Å². The summed E-state index contributed by atoms with van der Waals surface area (Å²) in [7, 11) is 0. The van der Waals surface area contributed by atoms with Gasteiger partial charge in [0, 0.05) is 13.2 Å². The van der Waals surface area contributed by atoms with E-state index in [4.69, 9.17) is 9.47 Å². The Labute approximate surface area is 190 Å². The van der Waals surface area contributed by atoms with Crippen LogP contribution < -0.4 is 0 Å². The lowest BCUT2D eigenvalue weighted by Gasteiger charge is -2.02. The van der Waals surface area contributed by atoms with E-state index in [0.717, 1.165) is 52.1 Å². The molecule has 2 heteroatoms. The number of hydrogen-bond acceptors (Lipinski definition) is 2. The minimum Gasteiger partial charge on any atom is -0.379 e. The highest BCUT2D eigenvalue weighted by Crippen LogP contribution is 2.07. The molecule has 1 aromatic rings. The van der Waals surface area contributed by atoms with Gasteiger partial charge in [0.2, 0.25) is 0 Å². The molecule has 0 fully saturated rings. The molecule has 0 saturated carbocycles. The van der Waals surface area contributed by atoms with Gasteiger partial charge in [-0.2, -0.15) is 0 Å². The van der Waals surface area contributed by atoms with Crippen LogP contribution in [0.25, 0.3) is 0 Å². The predicted octanol–water partition coefficient (Wildman–Crippen LogP) is 8.80. The molecule has 0 aromatic heterocycles. The molecular weight excluding hydrogens is 368 g/mol. The molecule has 30 heavy (non-hydrogen) atoms. The van der Waals surface area contributed by atoms with Crippen molar-refractivity contribution < 1.29 is 9.47 Å². The molecule has 0 atom stereocenters. The molecule has 0 spiro atoms. The van der Waals surface area contributed by atoms with E-state index in [0.29, 0.717) is 0 Å². The summed E-state index contributed by atoms with van der Waals surface area (Å²) in [5, 5.41) is 0. The van der Waals surface area contributed by atoms with Gasteiger partial charge in [-0.05, 0) is 36.8 Å². The summed E-state index contributed by atoms with van der Waals surface area (Å²) in [6.07, 6.45) is 15.9. The van der Waals surface area contributed by atoms with Gasteiger partial charge in [-0.3, -0.25) is 0 Å². The molecule has 2 nitrogen and oxygen atoms in total. The molecule has 0 aliphatic heterocycles. The van der Waals surface area contributed by atoms with E-state index in [9.17, 15) is 0 Å². The fourth-order valence-electron chi connectivity index (χ4n) is 2.83. The molecule has 0 aliphatic carbocycles. The lowest BCUT2D eigenvalue weighted by Crippen LogP contribution is -2.04. The van der Waals surface area contributed by atoms with Crippen LogP contribution in [0.4, 0.5) is 0 Å². The number of unbranched alkanes of at least 4 members (excludes halogenated alkanes) is 7. The Morgan fingerprint density at radius 1 is 0.433 bits per heavy atom. The van der Waals surface area contributed by atoms with E-state index < -0.39 is 0 Å². The van der Waals surface area contributed by atoms with E-state index in [1.165, 1.54) is 62.5 Å². The summed E-state index contributed by atoms with van der Waals surface area (Å²) in [6.45, 7) is 16.3. The number of ether oxygens (including phenoxy) is 2. The van der Waals surface area contributed by atoms with Crippen LogP contribution in [0.5, 0.6) is 0 Å². The summed E-state index contributed by atoms with van der Waals surface area (Å²) in [5.74, 6) is 0. The first-order valence-corrected chi connectivity index (χ1v) is 12.9. The van der Waals surface area contributed by atoms with E-state index in [-0.39, 0.29) is 0 Å². The highest BCUT2D eigenvalue weighted by atomic mass is 16.5. The molecule has 0 unspecified atom stereocenters. The highest BCUT2D eigenvalue weighted by Gasteiger charge is 1.89. The molecule has 0 N–H and O–H groups in total. The Bertz CT molecular complexity index is 345. The third kappa shape index (κ3) is 25.2. The van der Waals surface area contributed by atoms with Crippen LogP contribution >= 0.6 is 0 Å². The molecule has 1 rings (SSSR count). The monoisotopic (exact) mass is 422 g/mol. The molecule has 178 valence electrons. The fourth-order valence-corrected chi connectivity index (χ4v) is 2.83. The SMILES string of the molecule is CCCCCCCCCC.CCCOCCOCCC.CCc1ccc(CC)cc1. The smallest absolute Gasteiger partial charge is 0.0700 e. The van der Waals surface area contributed by atoms with E-state index in [1.807, 2.05) is 0 Å². The van der Waals surface area contributed by atoms with Crippen molar-refractivity contribution in [3.8, 4) is 0 Å². The van der Waals surface area contributed by atoms with Gasteiger partial charge in [-0.1, -0.05) is 117 Å². The van der Waals surface area contributed by atoms with Gasteiger partial charge in [-0.25, -0.2) is 0 Å². The zero-order chi connectivity index (χ0) is 22.7. The fraction of sp³-hybridized carbons (Fsp3) is 0.786. The first kappa shape index (κ1) is 31.3. The van der Waals surface area contributed by atoms with Gasteiger partial charge in [0.05, 0.1) is 13.2 Å². The average molecular weight is 423 g/mol. The minimum atomic E-state index is 0.744. The molecule has 0 aliphatic rings. The van der Waals surface area contributed by atoms with Gasteiger partial charge in [0.15, 0.2) is 0 Å². The Morgan fingerprint density at radius 2 is 0.767 bits per heavy atom. The van der Waals surface area contributed by atoms with E-state index in [2.05, 4.69) is 65.8 Å². The maximum Gasteiger partial charge on any atom is 0.0700 e. The second-order valence-electron chi connectivity index (χ2n) is 7.87. The van der Waals surface area contributed by atoms with Gasteiger partial charge >= 0.3 is 0 Å². The van der Waals surface area contributed by atoms with Crippen LogP contribution in [0.15, 0.2) is 24.3 Å². The Kier molecular flexibility index (Phi) is 29.4. The third-order valence-corrected chi connectivity index (χ3v) is 4.87. The van der Waals surface area contributed by atoms with Crippen molar-refractivity contribution in [1.82, 2.24) is 0 Å². The van der Waals surface area contributed by atoms with Gasteiger partial charge in [0.25, 0.3) is 0 Å². The molecule has 0 bridgehead atoms. The first-order valence-electron chi connectivity index (χ1n) is 12.9. The van der Waals surface area contributed by atoms with Crippen molar-refractivity contribution in [3.63, 3.8) is 0 Å². The molecule has 0 saturated heterocycles. The van der Waals surface area contributed by atoms with E-state index >= 15 is 0 Å². The Morgan fingerprint density at radius 3 is 1.03 bits per heavy atom. The lowest BCUT2D eigenvalue weighted by molar-refractivity contribution is 0.0483. The quantitative estimate of drug-likeness (QED) is 0.248. The number of aryl methyl sites for hydroxylation is 2. The molecule has 0 amide bonds. The topological polar surface area (TPSA) is 18.5 Å². The Balaban J connectivity index is 0. The minimum absolute atomic E-state index is 0.744. The number of rotatable bonds is 16. The largest absolute Gasteiger partial charge is 0.379 e. The van der Waals surface area contributed by atoms with Crippen LogP contribution in [0.1, 0.15) is 117 Å². The van der Waals surface area contributed by atoms with E-state index in [1.54, 1.807) is 0 Å². The summed E-state index contributed by atoms with van der Waals surface area (Å²) >= 11 is 0. The van der Waals surface area contributed by atoms with Gasteiger partial charge < -0.3 is 9.47 Å². The summed E-state index contributed by atoms with van der Waals surface area (Å²) in [4.78, 5) is 0. The zero-order valence-corrected chi connectivity index (χ0v) is 21.4. The number of hydrogen-bond donors (Lipinski definition) is 0. The molecule has 0 heterocycles. The van der Waals surface area contributed by atoms with Crippen molar-refractivity contribution in [2.24, 2.45) is 0 Å². The maximum absolute atomic E-state index is 5.20. The average Bonchev–Trinajstić information content (AvgIpc) is 2.79. The van der Waals surface area contributed by atoms with Gasteiger partial charge in [-0.15, -0.1) is 0 Å². The van der Waals surface area contributed by atoms with Gasteiger partial charge in [0.1, 0.15) is 0 Å². The van der Waals surface area contributed by atoms with Crippen molar-refractivity contribution in [3.05, 3.63) is 35.4 Å². The zero-order valence-electron chi connectivity index (χ0n) is 21.4. The van der Waals surface area contributed by atoms with Crippen molar-refractivity contribution in [1.29, 1.82) is 0 Å². The normalized spacial score (nSPS) is 10.1. The summed E-state index contributed by atoms with van der Waals surface area (Å²) < 4.78 is 10.4. The lowest BCUT2D eigenvalue weighted by atomic mass is 10.1. The van der Waals surface area contributed by atoms with Crippen molar-refractivity contribution in [2.45, 2.75) is 119 Å². The summed E-state index contributed by atoms with van der Waals surface area (Å²) in [6, 6.07) is 8.83. The van der Waals surface area contributed by atoms with Crippen LogP contribution in [0.2, 0.25) is 0 Å². The molecule has 0 radical (unpaired) electrons. The first-order chi connectivity index (χ1) is 14.7.